The van der Waals surface area contributed by atoms with Crippen molar-refractivity contribution in [1.82, 2.24) is 9.62 Å². The van der Waals surface area contributed by atoms with Gasteiger partial charge in [0.25, 0.3) is 10.0 Å². The summed E-state index contributed by atoms with van der Waals surface area (Å²) in [5.74, 6) is 0.981. The number of benzene rings is 1. The molecule has 2 aromatic rings. The number of nitrogens with one attached hydrogen (secondary N) is 1. The number of methoxy groups -OCH3 is 1. The first-order valence-corrected chi connectivity index (χ1v) is 11.9. The number of carbonyl (C=O) groups excluding carboxylic acids is 1. The lowest BCUT2D eigenvalue weighted by molar-refractivity contribution is -0.124. The Morgan fingerprint density at radius 2 is 2.14 bits per heavy atom. The van der Waals surface area contributed by atoms with Crippen LogP contribution in [0.15, 0.2) is 39.9 Å². The molecule has 1 aromatic heterocycles. The highest BCUT2D eigenvalue weighted by Crippen LogP contribution is 2.30. The van der Waals surface area contributed by atoms with Gasteiger partial charge in [0.05, 0.1) is 13.7 Å². The molecule has 1 unspecified atom stereocenters. The Hall–Kier alpha value is -2.10. The van der Waals surface area contributed by atoms with Crippen LogP contribution in [0.5, 0.6) is 11.5 Å². The lowest BCUT2D eigenvalue weighted by Crippen LogP contribution is -2.45. The average molecular weight is 439 g/mol. The predicted molar refractivity (Wildman–Crippen MR) is 112 cm³/mol. The zero-order chi connectivity index (χ0) is 20.9. The monoisotopic (exact) mass is 438 g/mol. The van der Waals surface area contributed by atoms with Gasteiger partial charge in [-0.25, -0.2) is 8.42 Å². The number of hydrogen-bond donors (Lipinski definition) is 1. The summed E-state index contributed by atoms with van der Waals surface area (Å²) < 4.78 is 38.2. The van der Waals surface area contributed by atoms with E-state index in [9.17, 15) is 13.2 Å². The van der Waals surface area contributed by atoms with E-state index in [2.05, 4.69) is 5.32 Å². The average Bonchev–Trinajstić information content (AvgIpc) is 3.43. The summed E-state index contributed by atoms with van der Waals surface area (Å²) in [4.78, 5) is 12.7. The predicted octanol–water partition coefficient (Wildman–Crippen LogP) is 3.02. The van der Waals surface area contributed by atoms with Crippen molar-refractivity contribution in [2.45, 2.75) is 43.0 Å². The molecule has 158 valence electrons. The van der Waals surface area contributed by atoms with Crippen LogP contribution in [0, 0.1) is 0 Å². The van der Waals surface area contributed by atoms with Crippen LogP contribution >= 0.6 is 11.3 Å². The van der Waals surface area contributed by atoms with Gasteiger partial charge in [0.15, 0.2) is 11.5 Å². The normalized spacial score (nSPS) is 17.2. The molecule has 0 saturated carbocycles. The van der Waals surface area contributed by atoms with Crippen molar-refractivity contribution >= 4 is 27.3 Å². The van der Waals surface area contributed by atoms with Crippen molar-refractivity contribution in [3.63, 3.8) is 0 Å². The molecular formula is C20H26N2O5S2. The Kier molecular flexibility index (Phi) is 7.15. The number of sulfonamides is 1. The van der Waals surface area contributed by atoms with Crippen molar-refractivity contribution in [2.75, 3.05) is 20.3 Å². The molecule has 0 bridgehead atoms. The first-order valence-electron chi connectivity index (χ1n) is 9.60. The van der Waals surface area contributed by atoms with Gasteiger partial charge in [-0.15, -0.1) is 11.3 Å². The second-order valence-electron chi connectivity index (χ2n) is 6.76. The van der Waals surface area contributed by atoms with Gasteiger partial charge < -0.3 is 14.8 Å². The topological polar surface area (TPSA) is 84.9 Å². The Labute approximate surface area is 175 Å². The third-order valence-corrected chi connectivity index (χ3v) is 8.00. The summed E-state index contributed by atoms with van der Waals surface area (Å²) in [6.45, 7) is 3.27. The molecule has 0 spiro atoms. The van der Waals surface area contributed by atoms with Crippen LogP contribution in [0.3, 0.4) is 0 Å². The van der Waals surface area contributed by atoms with Gasteiger partial charge in [-0.05, 0) is 48.4 Å². The second-order valence-corrected chi connectivity index (χ2v) is 9.82. The number of thiophene rings is 1. The van der Waals surface area contributed by atoms with E-state index in [1.165, 1.54) is 4.31 Å². The van der Waals surface area contributed by atoms with Gasteiger partial charge in [0.1, 0.15) is 10.3 Å². The number of carbonyl (C=O) groups is 1. The molecule has 1 saturated heterocycles. The quantitative estimate of drug-likeness (QED) is 0.651. The number of amides is 1. The van der Waals surface area contributed by atoms with Crippen molar-refractivity contribution in [3.8, 4) is 11.5 Å². The fourth-order valence-electron chi connectivity index (χ4n) is 3.28. The van der Waals surface area contributed by atoms with Crippen LogP contribution < -0.4 is 14.8 Å². The van der Waals surface area contributed by atoms with Gasteiger partial charge in [0, 0.05) is 13.1 Å². The molecule has 0 aliphatic carbocycles. The maximum absolute atomic E-state index is 12.8. The van der Waals surface area contributed by atoms with Crippen LogP contribution in [0.25, 0.3) is 0 Å². The highest BCUT2D eigenvalue weighted by Gasteiger charge is 2.39. The van der Waals surface area contributed by atoms with Crippen LogP contribution in [0.1, 0.15) is 31.7 Å². The molecule has 3 rings (SSSR count). The summed E-state index contributed by atoms with van der Waals surface area (Å²) >= 11 is 1.16. The van der Waals surface area contributed by atoms with Crippen molar-refractivity contribution in [1.29, 1.82) is 0 Å². The Morgan fingerprint density at radius 1 is 1.31 bits per heavy atom. The number of rotatable bonds is 9. The fraction of sp³-hybridized carbons (Fsp3) is 0.450. The van der Waals surface area contributed by atoms with E-state index in [0.717, 1.165) is 23.3 Å². The maximum Gasteiger partial charge on any atom is 0.253 e. The number of nitrogens with zero attached hydrogens (tertiary/aromatic N) is 1. The molecule has 7 nitrogen and oxygen atoms in total. The summed E-state index contributed by atoms with van der Waals surface area (Å²) in [6, 6.07) is 8.09. The smallest absolute Gasteiger partial charge is 0.253 e. The lowest BCUT2D eigenvalue weighted by atomic mass is 10.1. The Bertz CT molecular complexity index is 928. The molecule has 1 atom stereocenters. The molecule has 1 aromatic carbocycles. The van der Waals surface area contributed by atoms with E-state index in [1.807, 2.05) is 25.1 Å². The number of hydrogen-bond acceptors (Lipinski definition) is 6. The van der Waals surface area contributed by atoms with Crippen LogP contribution in [-0.2, 0) is 21.4 Å². The van der Waals surface area contributed by atoms with E-state index >= 15 is 0 Å². The van der Waals surface area contributed by atoms with Crippen LogP contribution in [-0.4, -0.2) is 44.9 Å². The molecule has 1 aliphatic rings. The summed E-state index contributed by atoms with van der Waals surface area (Å²) in [7, 11) is -2.07. The fourth-order valence-corrected chi connectivity index (χ4v) is 6.05. The lowest BCUT2D eigenvalue weighted by Gasteiger charge is -2.22. The minimum Gasteiger partial charge on any atom is -0.493 e. The van der Waals surface area contributed by atoms with Crippen LogP contribution in [0.4, 0.5) is 0 Å². The summed E-state index contributed by atoms with van der Waals surface area (Å²) in [5, 5.41) is 4.59. The van der Waals surface area contributed by atoms with Gasteiger partial charge in [-0.1, -0.05) is 19.1 Å². The molecule has 1 N–H and O–H groups in total. The molecule has 1 fully saturated rings. The first-order chi connectivity index (χ1) is 14.0. The zero-order valence-electron chi connectivity index (χ0n) is 16.6. The largest absolute Gasteiger partial charge is 0.493 e. The third-order valence-electron chi connectivity index (χ3n) is 4.72. The maximum atomic E-state index is 12.8. The first kappa shape index (κ1) is 21.6. The number of ether oxygens (including phenoxy) is 2. The minimum absolute atomic E-state index is 0.268. The highest BCUT2D eigenvalue weighted by molar-refractivity contribution is 7.91. The van der Waals surface area contributed by atoms with Gasteiger partial charge in [-0.3, -0.25) is 4.79 Å². The van der Waals surface area contributed by atoms with Gasteiger partial charge in [0.2, 0.25) is 5.91 Å². The third kappa shape index (κ3) is 4.91. The molecule has 2 heterocycles. The Balaban J connectivity index is 1.66. The van der Waals surface area contributed by atoms with E-state index in [1.54, 1.807) is 24.6 Å². The van der Waals surface area contributed by atoms with E-state index < -0.39 is 16.1 Å². The van der Waals surface area contributed by atoms with Crippen molar-refractivity contribution < 1.29 is 22.7 Å². The molecular weight excluding hydrogens is 412 g/mol. The minimum atomic E-state index is -3.64. The molecule has 0 radical (unpaired) electrons. The van der Waals surface area contributed by atoms with E-state index in [-0.39, 0.29) is 16.7 Å². The molecule has 1 amide bonds. The standard InChI is InChI=1S/C20H26N2O5S2/c1-3-11-27-17-9-8-15(13-18(17)26-2)14-21-20(23)16-6-4-10-22(16)29(24,25)19-7-5-12-28-19/h5,7-9,12-13,16H,3-4,6,10-11,14H2,1-2H3,(H,21,23). The van der Waals surface area contributed by atoms with Gasteiger partial charge in [-0.2, -0.15) is 4.31 Å². The SMILES string of the molecule is CCCOc1ccc(CNC(=O)C2CCCN2S(=O)(=O)c2cccs2)cc1OC. The Morgan fingerprint density at radius 3 is 2.83 bits per heavy atom. The van der Waals surface area contributed by atoms with Crippen molar-refractivity contribution in [3.05, 3.63) is 41.3 Å². The second kappa shape index (κ2) is 9.60. The molecule has 9 heteroatoms. The molecule has 29 heavy (non-hydrogen) atoms. The summed E-state index contributed by atoms with van der Waals surface area (Å²) in [6.07, 6.45) is 2.08. The van der Waals surface area contributed by atoms with Gasteiger partial charge >= 0.3 is 0 Å². The molecule has 1 aliphatic heterocycles. The highest BCUT2D eigenvalue weighted by atomic mass is 32.2. The van der Waals surface area contributed by atoms with Crippen molar-refractivity contribution in [2.24, 2.45) is 0 Å². The van der Waals surface area contributed by atoms with Crippen LogP contribution in [0.2, 0.25) is 0 Å². The van der Waals surface area contributed by atoms with E-state index in [0.29, 0.717) is 37.5 Å². The van der Waals surface area contributed by atoms with E-state index in [4.69, 9.17) is 9.47 Å². The zero-order valence-corrected chi connectivity index (χ0v) is 18.2. The summed E-state index contributed by atoms with van der Waals surface area (Å²) in [5.41, 5.74) is 0.852.